The quantitative estimate of drug-likeness (QED) is 0.799. The molecule has 3 rings (SSSR count). The van der Waals surface area contributed by atoms with Gasteiger partial charge >= 0.3 is 0 Å². The minimum atomic E-state index is 0.267. The van der Waals surface area contributed by atoms with Gasteiger partial charge in [-0.2, -0.15) is 0 Å². The maximum Gasteiger partial charge on any atom is 0.221 e. The number of benzene rings is 2. The first-order valence-electron chi connectivity index (χ1n) is 7.02. The number of nitrogens with zero attached hydrogens (tertiary/aromatic N) is 2. The molecule has 0 saturated carbocycles. The molecular weight excluding hydrogens is 274 g/mol. The lowest BCUT2D eigenvalue weighted by Gasteiger charge is -2.07. The zero-order chi connectivity index (χ0) is 15.5. The highest BCUT2D eigenvalue weighted by atomic mass is 16.5. The third-order valence-corrected chi connectivity index (χ3v) is 3.48. The molecule has 2 N–H and O–H groups in total. The molecule has 0 aliphatic heterocycles. The number of nitrogen functional groups attached to an aromatic ring is 1. The summed E-state index contributed by atoms with van der Waals surface area (Å²) in [5, 5.41) is 0. The molecule has 4 heteroatoms. The van der Waals surface area contributed by atoms with Crippen LogP contribution in [0.4, 0.5) is 5.95 Å². The highest BCUT2D eigenvalue weighted by Gasteiger charge is 2.07. The van der Waals surface area contributed by atoms with Crippen molar-refractivity contribution in [3.05, 3.63) is 60.2 Å². The van der Waals surface area contributed by atoms with E-state index in [1.165, 1.54) is 5.56 Å². The van der Waals surface area contributed by atoms with Gasteiger partial charge in [0.15, 0.2) is 0 Å². The Labute approximate surface area is 129 Å². The maximum atomic E-state index is 5.87. The van der Waals surface area contributed by atoms with Crippen molar-refractivity contribution < 1.29 is 4.74 Å². The average molecular weight is 291 g/mol. The van der Waals surface area contributed by atoms with E-state index in [0.717, 1.165) is 28.3 Å². The van der Waals surface area contributed by atoms with Crippen LogP contribution in [-0.4, -0.2) is 17.1 Å². The molecule has 0 saturated heterocycles. The SMILES string of the molecule is COc1ccc(-c2cc(-c3ccc(C)cc3)nc(N)n2)cc1. The van der Waals surface area contributed by atoms with Gasteiger partial charge in [-0.1, -0.05) is 29.8 Å². The summed E-state index contributed by atoms with van der Waals surface area (Å²) in [6.07, 6.45) is 0. The van der Waals surface area contributed by atoms with Crippen LogP contribution in [0.1, 0.15) is 5.56 Å². The molecule has 22 heavy (non-hydrogen) atoms. The van der Waals surface area contributed by atoms with Crippen LogP contribution in [0, 0.1) is 6.92 Å². The first-order valence-corrected chi connectivity index (χ1v) is 7.02. The first-order chi connectivity index (χ1) is 10.7. The molecule has 0 aliphatic carbocycles. The minimum absolute atomic E-state index is 0.267. The molecule has 0 fully saturated rings. The van der Waals surface area contributed by atoms with Crippen molar-refractivity contribution in [1.82, 2.24) is 9.97 Å². The topological polar surface area (TPSA) is 61.0 Å². The van der Waals surface area contributed by atoms with Gasteiger partial charge in [-0.05, 0) is 37.3 Å². The Morgan fingerprint density at radius 3 is 1.82 bits per heavy atom. The zero-order valence-electron chi connectivity index (χ0n) is 12.6. The number of nitrogens with two attached hydrogens (primary N) is 1. The Hall–Kier alpha value is -2.88. The van der Waals surface area contributed by atoms with Crippen molar-refractivity contribution in [3.8, 4) is 28.3 Å². The van der Waals surface area contributed by atoms with Gasteiger partial charge in [-0.15, -0.1) is 0 Å². The fourth-order valence-electron chi connectivity index (χ4n) is 2.25. The van der Waals surface area contributed by atoms with Crippen LogP contribution in [0.15, 0.2) is 54.6 Å². The summed E-state index contributed by atoms with van der Waals surface area (Å²) < 4.78 is 5.18. The minimum Gasteiger partial charge on any atom is -0.497 e. The number of ether oxygens (including phenoxy) is 1. The molecule has 0 amide bonds. The molecule has 0 unspecified atom stereocenters. The molecule has 0 spiro atoms. The second-order valence-electron chi connectivity index (χ2n) is 5.09. The van der Waals surface area contributed by atoms with E-state index in [1.54, 1.807) is 7.11 Å². The Morgan fingerprint density at radius 2 is 1.32 bits per heavy atom. The lowest BCUT2D eigenvalue weighted by Crippen LogP contribution is -1.98. The van der Waals surface area contributed by atoms with Gasteiger partial charge in [-0.3, -0.25) is 0 Å². The normalized spacial score (nSPS) is 10.5. The summed E-state index contributed by atoms with van der Waals surface area (Å²) in [5.74, 6) is 1.08. The van der Waals surface area contributed by atoms with Gasteiger partial charge in [0.2, 0.25) is 5.95 Å². The average Bonchev–Trinajstić information content (AvgIpc) is 2.55. The number of aromatic nitrogens is 2. The molecule has 4 nitrogen and oxygen atoms in total. The second kappa shape index (κ2) is 5.85. The van der Waals surface area contributed by atoms with Crippen molar-refractivity contribution in [2.45, 2.75) is 6.92 Å². The van der Waals surface area contributed by atoms with Crippen LogP contribution in [0.3, 0.4) is 0 Å². The van der Waals surface area contributed by atoms with Crippen LogP contribution in [0.2, 0.25) is 0 Å². The largest absolute Gasteiger partial charge is 0.497 e. The van der Waals surface area contributed by atoms with E-state index in [-0.39, 0.29) is 5.95 Å². The summed E-state index contributed by atoms with van der Waals surface area (Å²) >= 11 is 0. The highest BCUT2D eigenvalue weighted by Crippen LogP contribution is 2.26. The van der Waals surface area contributed by atoms with E-state index in [0.29, 0.717) is 0 Å². The van der Waals surface area contributed by atoms with Crippen molar-refractivity contribution in [3.63, 3.8) is 0 Å². The van der Waals surface area contributed by atoms with Crippen molar-refractivity contribution in [2.24, 2.45) is 0 Å². The van der Waals surface area contributed by atoms with Crippen LogP contribution in [0.25, 0.3) is 22.5 Å². The maximum absolute atomic E-state index is 5.87. The summed E-state index contributed by atoms with van der Waals surface area (Å²) in [6.45, 7) is 2.06. The van der Waals surface area contributed by atoms with Gasteiger partial charge < -0.3 is 10.5 Å². The number of rotatable bonds is 3. The smallest absolute Gasteiger partial charge is 0.221 e. The third-order valence-electron chi connectivity index (χ3n) is 3.48. The predicted octanol–water partition coefficient (Wildman–Crippen LogP) is 3.71. The van der Waals surface area contributed by atoms with Gasteiger partial charge in [0.25, 0.3) is 0 Å². The second-order valence-corrected chi connectivity index (χ2v) is 5.09. The fourth-order valence-corrected chi connectivity index (χ4v) is 2.25. The van der Waals surface area contributed by atoms with Crippen molar-refractivity contribution in [1.29, 1.82) is 0 Å². The molecule has 3 aromatic rings. The fraction of sp³-hybridized carbons (Fsp3) is 0.111. The molecule has 0 bridgehead atoms. The van der Waals surface area contributed by atoms with Crippen molar-refractivity contribution in [2.75, 3.05) is 12.8 Å². The van der Waals surface area contributed by atoms with Gasteiger partial charge in [0, 0.05) is 11.1 Å². The monoisotopic (exact) mass is 291 g/mol. The Bertz CT molecular complexity index is 780. The molecule has 110 valence electrons. The van der Waals surface area contributed by atoms with Crippen LogP contribution >= 0.6 is 0 Å². The number of hydrogen-bond donors (Lipinski definition) is 1. The number of anilines is 1. The zero-order valence-corrected chi connectivity index (χ0v) is 12.6. The Kier molecular flexibility index (Phi) is 3.74. The summed E-state index contributed by atoms with van der Waals surface area (Å²) in [6, 6.07) is 17.9. The molecule has 1 aromatic heterocycles. The molecular formula is C18H17N3O. The van der Waals surface area contributed by atoms with E-state index in [1.807, 2.05) is 42.5 Å². The van der Waals surface area contributed by atoms with Crippen LogP contribution < -0.4 is 10.5 Å². The Balaban J connectivity index is 2.03. The van der Waals surface area contributed by atoms with Crippen molar-refractivity contribution >= 4 is 5.95 Å². The standard InChI is InChI=1S/C18H17N3O/c1-12-3-5-13(6-4-12)16-11-17(21-18(19)20-16)14-7-9-15(22-2)10-8-14/h3-11H,1-2H3,(H2,19,20,21). The number of hydrogen-bond acceptors (Lipinski definition) is 4. The molecule has 1 heterocycles. The van der Waals surface area contributed by atoms with E-state index in [2.05, 4.69) is 29.0 Å². The molecule has 0 aliphatic rings. The molecule has 0 atom stereocenters. The van der Waals surface area contributed by atoms with Gasteiger partial charge in [0.1, 0.15) is 5.75 Å². The lowest BCUT2D eigenvalue weighted by molar-refractivity contribution is 0.415. The lowest BCUT2D eigenvalue weighted by atomic mass is 10.1. The van der Waals surface area contributed by atoms with Crippen LogP contribution in [-0.2, 0) is 0 Å². The summed E-state index contributed by atoms with van der Waals surface area (Å²) in [4.78, 5) is 8.66. The first kappa shape index (κ1) is 14.1. The number of aryl methyl sites for hydroxylation is 1. The summed E-state index contributed by atoms with van der Waals surface area (Å²) in [7, 11) is 1.65. The van der Waals surface area contributed by atoms with Gasteiger partial charge in [-0.25, -0.2) is 9.97 Å². The van der Waals surface area contributed by atoms with Gasteiger partial charge in [0.05, 0.1) is 18.5 Å². The Morgan fingerprint density at radius 1 is 0.818 bits per heavy atom. The molecule has 0 radical (unpaired) electrons. The van der Waals surface area contributed by atoms with E-state index in [9.17, 15) is 0 Å². The highest BCUT2D eigenvalue weighted by molar-refractivity contribution is 5.69. The van der Waals surface area contributed by atoms with E-state index >= 15 is 0 Å². The van der Waals surface area contributed by atoms with Crippen LogP contribution in [0.5, 0.6) is 5.75 Å². The van der Waals surface area contributed by atoms with E-state index in [4.69, 9.17) is 10.5 Å². The predicted molar refractivity (Wildman–Crippen MR) is 88.6 cm³/mol. The number of methoxy groups -OCH3 is 1. The van der Waals surface area contributed by atoms with E-state index < -0.39 is 0 Å². The molecule has 2 aromatic carbocycles. The summed E-state index contributed by atoms with van der Waals surface area (Å²) in [5.41, 5.74) is 10.7. The third kappa shape index (κ3) is 2.91.